The summed E-state index contributed by atoms with van der Waals surface area (Å²) in [7, 11) is 0. The number of anilines is 3. The van der Waals surface area contributed by atoms with Crippen LogP contribution in [0.25, 0.3) is 75.8 Å². The number of benzene rings is 9. The largest absolute Gasteiger partial charge is 0.311 e. The van der Waals surface area contributed by atoms with Gasteiger partial charge in [0, 0.05) is 47.9 Å². The zero-order valence-corrected chi connectivity index (χ0v) is 40.0. The van der Waals surface area contributed by atoms with Crippen LogP contribution < -0.4 is 21.3 Å². The second-order valence-electron chi connectivity index (χ2n) is 21.6. The first-order valence-corrected chi connectivity index (χ1v) is 24.9. The lowest BCUT2D eigenvalue weighted by Gasteiger charge is -2.39. The molecule has 0 spiro atoms. The van der Waals surface area contributed by atoms with Gasteiger partial charge in [-0.1, -0.05) is 181 Å². The Morgan fingerprint density at radius 2 is 1.04 bits per heavy atom. The fourth-order valence-electron chi connectivity index (χ4n) is 12.8. The van der Waals surface area contributed by atoms with Crippen LogP contribution in [-0.2, 0) is 16.2 Å². The first-order chi connectivity index (χ1) is 32.4. The first-order valence-electron chi connectivity index (χ1n) is 24.0. The second kappa shape index (κ2) is 13.4. The second-order valence-corrected chi connectivity index (χ2v) is 22.7. The summed E-state index contributed by atoms with van der Waals surface area (Å²) in [6.45, 7) is 16.8. The molecule has 9 aromatic carbocycles. The molecule has 2 aliphatic carbocycles. The van der Waals surface area contributed by atoms with E-state index in [9.17, 15) is 0 Å². The van der Waals surface area contributed by atoms with E-state index in [4.69, 9.17) is 0 Å². The molecule has 1 aromatic heterocycles. The van der Waals surface area contributed by atoms with Crippen molar-refractivity contribution in [3.05, 3.63) is 204 Å². The van der Waals surface area contributed by atoms with Gasteiger partial charge in [0.2, 0.25) is 6.71 Å². The van der Waals surface area contributed by atoms with Crippen LogP contribution in [0.2, 0.25) is 0 Å². The third kappa shape index (κ3) is 5.27. The van der Waals surface area contributed by atoms with Crippen molar-refractivity contribution >= 4 is 71.7 Å². The van der Waals surface area contributed by atoms with Gasteiger partial charge >= 0.3 is 0 Å². The highest BCUT2D eigenvalue weighted by Crippen LogP contribution is 2.55. The van der Waals surface area contributed by atoms with Crippen LogP contribution in [0.4, 0.5) is 17.1 Å². The number of hydrogen-bond donors (Lipinski definition) is 0. The normalized spacial score (nSPS) is 15.3. The Bertz CT molecular complexity index is 3800. The first kappa shape index (κ1) is 39.3. The summed E-state index contributed by atoms with van der Waals surface area (Å²) in [5.41, 5.74) is 27.8. The Kier molecular flexibility index (Phi) is 7.83. The maximum Gasteiger partial charge on any atom is 0.248 e. The summed E-state index contributed by atoms with van der Waals surface area (Å²) < 4.78 is 2.65. The molecule has 4 aliphatic rings. The van der Waals surface area contributed by atoms with Crippen molar-refractivity contribution in [3.8, 4) is 55.6 Å². The van der Waals surface area contributed by atoms with Gasteiger partial charge in [-0.15, -0.1) is 11.3 Å². The van der Waals surface area contributed by atoms with Crippen molar-refractivity contribution in [1.82, 2.24) is 0 Å². The maximum atomic E-state index is 2.68. The minimum Gasteiger partial charge on any atom is -0.311 e. The predicted octanol–water partition coefficient (Wildman–Crippen LogP) is 15.6. The lowest BCUT2D eigenvalue weighted by molar-refractivity contribution is 0.590. The fraction of sp³-hybridized carbons (Fsp3) is 0.156. The molecule has 14 rings (SSSR count). The Balaban J connectivity index is 1.14. The summed E-state index contributed by atoms with van der Waals surface area (Å²) in [5, 5.41) is 2.67. The van der Waals surface area contributed by atoms with E-state index in [0.717, 1.165) is 0 Å². The SMILES string of the molecule is CC(C)(C)c1ccc(N2c3cc4c(cc3B3c5cc6c(cc5-c5cc(-c7cccc8sc9ccccc9c78)cc2c53)-c2ccccc2C6(C)C)C(C)(C)c2ccccc2-4)c(-c2ccccc2)c1. The maximum absolute atomic E-state index is 2.68. The van der Waals surface area contributed by atoms with Crippen LogP contribution in [-0.4, -0.2) is 6.71 Å². The molecular weight excluding hydrogens is 826 g/mol. The summed E-state index contributed by atoms with van der Waals surface area (Å²) in [4.78, 5) is 2.68. The zero-order chi connectivity index (χ0) is 45.3. The van der Waals surface area contributed by atoms with Crippen LogP contribution in [0.5, 0.6) is 0 Å². The molecule has 3 heterocycles. The molecule has 0 fully saturated rings. The van der Waals surface area contributed by atoms with Gasteiger partial charge in [-0.3, -0.25) is 0 Å². The molecule has 67 heavy (non-hydrogen) atoms. The Morgan fingerprint density at radius 1 is 0.418 bits per heavy atom. The number of nitrogens with zero attached hydrogens (tertiary/aromatic N) is 1. The zero-order valence-electron chi connectivity index (χ0n) is 39.2. The van der Waals surface area contributed by atoms with E-state index >= 15 is 0 Å². The van der Waals surface area contributed by atoms with E-state index in [1.807, 2.05) is 11.3 Å². The third-order valence-corrected chi connectivity index (χ3v) is 17.4. The van der Waals surface area contributed by atoms with Crippen molar-refractivity contribution in [2.24, 2.45) is 0 Å². The number of thiophene rings is 1. The molecule has 0 saturated carbocycles. The van der Waals surface area contributed by atoms with E-state index in [2.05, 4.69) is 229 Å². The van der Waals surface area contributed by atoms with Gasteiger partial charge in [-0.25, -0.2) is 0 Å². The number of fused-ring (bicyclic) bond motifs is 14. The van der Waals surface area contributed by atoms with E-state index in [1.54, 1.807) is 0 Å². The van der Waals surface area contributed by atoms with E-state index in [-0.39, 0.29) is 23.0 Å². The summed E-state index contributed by atoms with van der Waals surface area (Å²) in [5.74, 6) is 0. The van der Waals surface area contributed by atoms with Crippen LogP contribution in [0.15, 0.2) is 176 Å². The molecule has 1 nitrogen and oxygen atoms in total. The van der Waals surface area contributed by atoms with Crippen molar-refractivity contribution in [1.29, 1.82) is 0 Å². The molecule has 0 bridgehead atoms. The molecule has 0 unspecified atom stereocenters. The minimum atomic E-state index is -0.146. The summed E-state index contributed by atoms with van der Waals surface area (Å²) in [6.07, 6.45) is 0. The molecule has 3 heteroatoms. The quantitative estimate of drug-likeness (QED) is 0.160. The standard InChI is InChI=1S/C64H50BNS/c1-62(2,3)39-28-29-55(44(32-39)37-18-9-8-10-19-37)66-56-34-46-42-21-12-15-25-50(42)64(6,7)52(46)36-54(56)65-53-35-51-45(41-20-11-14-24-49(41)63(51,4)5)33-47(53)48-30-38(31-57(66)61(48)65)40-23-17-27-59-60(40)43-22-13-16-26-58(43)67-59/h8-36H,1-7H3. The number of hydrogen-bond acceptors (Lipinski definition) is 2. The molecule has 10 aromatic rings. The summed E-state index contributed by atoms with van der Waals surface area (Å²) >= 11 is 1.90. The molecular formula is C64H50BNS. The van der Waals surface area contributed by atoms with E-state index in [1.165, 1.54) is 137 Å². The van der Waals surface area contributed by atoms with Crippen molar-refractivity contribution < 1.29 is 0 Å². The molecule has 2 aliphatic heterocycles. The van der Waals surface area contributed by atoms with Gasteiger partial charge < -0.3 is 4.90 Å². The highest BCUT2D eigenvalue weighted by Gasteiger charge is 2.48. The third-order valence-electron chi connectivity index (χ3n) is 16.2. The Hall–Kier alpha value is -6.94. The van der Waals surface area contributed by atoms with Gasteiger partial charge in [-0.05, 0) is 143 Å². The van der Waals surface area contributed by atoms with Crippen LogP contribution in [0.3, 0.4) is 0 Å². The molecule has 0 saturated heterocycles. The van der Waals surface area contributed by atoms with Crippen molar-refractivity contribution in [2.75, 3.05) is 4.90 Å². The topological polar surface area (TPSA) is 3.24 Å². The highest BCUT2D eigenvalue weighted by atomic mass is 32.1. The average Bonchev–Trinajstić information content (AvgIpc) is 4.01. The minimum absolute atomic E-state index is 0.0271. The van der Waals surface area contributed by atoms with E-state index < -0.39 is 0 Å². The van der Waals surface area contributed by atoms with Gasteiger partial charge in [0.1, 0.15) is 0 Å². The Morgan fingerprint density at radius 3 is 1.78 bits per heavy atom. The molecule has 0 radical (unpaired) electrons. The highest BCUT2D eigenvalue weighted by molar-refractivity contribution is 7.26. The van der Waals surface area contributed by atoms with Gasteiger partial charge in [0.25, 0.3) is 0 Å². The van der Waals surface area contributed by atoms with Crippen LogP contribution >= 0.6 is 11.3 Å². The predicted molar refractivity (Wildman–Crippen MR) is 289 cm³/mol. The lowest BCUT2D eigenvalue weighted by atomic mass is 9.36. The van der Waals surface area contributed by atoms with Crippen LogP contribution in [0.1, 0.15) is 76.3 Å². The Labute approximate surface area is 398 Å². The number of rotatable bonds is 3. The smallest absolute Gasteiger partial charge is 0.248 e. The van der Waals surface area contributed by atoms with Crippen LogP contribution in [0, 0.1) is 0 Å². The van der Waals surface area contributed by atoms with Gasteiger partial charge in [0.15, 0.2) is 0 Å². The van der Waals surface area contributed by atoms with Gasteiger partial charge in [0.05, 0.1) is 5.69 Å². The summed E-state index contributed by atoms with van der Waals surface area (Å²) in [6, 6.07) is 68.1. The molecule has 0 amide bonds. The molecule has 0 N–H and O–H groups in total. The average molecular weight is 876 g/mol. The molecule has 320 valence electrons. The van der Waals surface area contributed by atoms with Crippen molar-refractivity contribution in [3.63, 3.8) is 0 Å². The van der Waals surface area contributed by atoms with Crippen molar-refractivity contribution in [2.45, 2.75) is 64.7 Å². The van der Waals surface area contributed by atoms with E-state index in [0.29, 0.717) is 0 Å². The van der Waals surface area contributed by atoms with Gasteiger partial charge in [-0.2, -0.15) is 0 Å². The lowest BCUT2D eigenvalue weighted by Crippen LogP contribution is -2.55. The molecule has 0 atom stereocenters. The fourth-order valence-corrected chi connectivity index (χ4v) is 14.0. The monoisotopic (exact) mass is 875 g/mol.